The molecule has 3 heterocycles. The molecule has 7 heteroatoms. The van der Waals surface area contributed by atoms with Crippen LogP contribution in [0.4, 0.5) is 5.00 Å². The van der Waals surface area contributed by atoms with E-state index in [1.165, 1.54) is 17.8 Å². The molecule has 0 bridgehead atoms. The number of nitrogens with zero attached hydrogens (tertiary/aromatic N) is 3. The van der Waals surface area contributed by atoms with Crippen molar-refractivity contribution in [2.24, 2.45) is 4.99 Å². The Hall–Kier alpha value is -2.28. The van der Waals surface area contributed by atoms with Crippen molar-refractivity contribution in [2.45, 2.75) is 64.1 Å². The molecule has 1 aliphatic heterocycles. The zero-order valence-electron chi connectivity index (χ0n) is 17.8. The van der Waals surface area contributed by atoms with Gasteiger partial charge in [-0.2, -0.15) is 0 Å². The molecule has 1 saturated heterocycles. The number of pyridine rings is 1. The monoisotopic (exact) mass is 427 g/mol. The summed E-state index contributed by atoms with van der Waals surface area (Å²) in [6, 6.07) is 8.82. The number of anilines is 1. The number of thiophene rings is 1. The SMILES string of the molecule is CCNC(=NCc1cccnc1OC1CCCC1)NC1CCN(c2cccs2)CC1. The average Bonchev–Trinajstić information content (AvgIpc) is 3.48. The van der Waals surface area contributed by atoms with Crippen LogP contribution >= 0.6 is 11.3 Å². The second-order valence-corrected chi connectivity index (χ2v) is 8.97. The smallest absolute Gasteiger partial charge is 0.218 e. The Kier molecular flexibility index (Phi) is 7.45. The van der Waals surface area contributed by atoms with E-state index in [2.05, 4.69) is 51.0 Å². The maximum absolute atomic E-state index is 6.17. The third-order valence-electron chi connectivity index (χ3n) is 5.84. The number of guanidine groups is 1. The van der Waals surface area contributed by atoms with E-state index in [4.69, 9.17) is 9.73 Å². The van der Waals surface area contributed by atoms with Crippen LogP contribution in [0.5, 0.6) is 5.88 Å². The largest absolute Gasteiger partial charge is 0.474 e. The fourth-order valence-corrected chi connectivity index (χ4v) is 4.97. The number of piperidine rings is 1. The van der Waals surface area contributed by atoms with E-state index in [-0.39, 0.29) is 0 Å². The molecule has 1 aliphatic carbocycles. The lowest BCUT2D eigenvalue weighted by Gasteiger charge is -2.33. The van der Waals surface area contributed by atoms with Crippen molar-refractivity contribution in [1.29, 1.82) is 0 Å². The Morgan fingerprint density at radius 3 is 2.77 bits per heavy atom. The molecule has 4 rings (SSSR count). The highest BCUT2D eigenvalue weighted by Gasteiger charge is 2.21. The van der Waals surface area contributed by atoms with Crippen molar-refractivity contribution in [3.63, 3.8) is 0 Å². The lowest BCUT2D eigenvalue weighted by molar-refractivity contribution is 0.199. The first-order valence-corrected chi connectivity index (χ1v) is 12.1. The van der Waals surface area contributed by atoms with Crippen LogP contribution in [0.3, 0.4) is 0 Å². The van der Waals surface area contributed by atoms with Crippen molar-refractivity contribution in [3.8, 4) is 5.88 Å². The van der Waals surface area contributed by atoms with Gasteiger partial charge in [0.1, 0.15) is 6.10 Å². The van der Waals surface area contributed by atoms with Gasteiger partial charge >= 0.3 is 0 Å². The number of ether oxygens (including phenoxy) is 1. The molecule has 0 spiro atoms. The molecule has 2 fully saturated rings. The van der Waals surface area contributed by atoms with Crippen molar-refractivity contribution in [3.05, 3.63) is 41.4 Å². The first-order valence-electron chi connectivity index (χ1n) is 11.3. The molecule has 0 radical (unpaired) electrons. The summed E-state index contributed by atoms with van der Waals surface area (Å²) >= 11 is 1.82. The highest BCUT2D eigenvalue weighted by molar-refractivity contribution is 7.14. The molecule has 2 aromatic heterocycles. The summed E-state index contributed by atoms with van der Waals surface area (Å²) in [5, 5.41) is 10.6. The molecule has 1 saturated carbocycles. The molecular weight excluding hydrogens is 394 g/mol. The number of aromatic nitrogens is 1. The van der Waals surface area contributed by atoms with E-state index < -0.39 is 0 Å². The van der Waals surface area contributed by atoms with Gasteiger partial charge < -0.3 is 20.3 Å². The molecule has 2 aliphatic rings. The summed E-state index contributed by atoms with van der Waals surface area (Å²) in [6.45, 7) is 5.69. The standard InChI is InChI=1S/C23H33N5OS/c1-2-24-23(27-19-11-14-28(15-12-19)21-10-6-16-30-21)26-17-18-7-5-13-25-22(18)29-20-8-3-4-9-20/h5-7,10,13,16,19-20H,2-4,8-9,11-12,14-15,17H2,1H3,(H2,24,26,27). The molecule has 0 aromatic carbocycles. The number of aliphatic imine (C=N–C) groups is 1. The molecule has 0 amide bonds. The predicted octanol–water partition coefficient (Wildman–Crippen LogP) is 4.19. The van der Waals surface area contributed by atoms with E-state index in [0.717, 1.165) is 62.7 Å². The third kappa shape index (κ3) is 5.65. The highest BCUT2D eigenvalue weighted by atomic mass is 32.1. The Morgan fingerprint density at radius 2 is 2.03 bits per heavy atom. The Labute approximate surface area is 183 Å². The number of rotatable bonds is 7. The zero-order valence-corrected chi connectivity index (χ0v) is 18.7. The summed E-state index contributed by atoms with van der Waals surface area (Å²) < 4.78 is 6.17. The predicted molar refractivity (Wildman–Crippen MR) is 125 cm³/mol. The van der Waals surface area contributed by atoms with Gasteiger partial charge in [-0.25, -0.2) is 9.98 Å². The molecular formula is C23H33N5OS. The normalized spacial score (nSPS) is 18.6. The van der Waals surface area contributed by atoms with Gasteiger partial charge in [-0.05, 0) is 69.0 Å². The first kappa shape index (κ1) is 21.0. The Balaban J connectivity index is 1.34. The quantitative estimate of drug-likeness (QED) is 0.512. The first-order chi connectivity index (χ1) is 14.8. The summed E-state index contributed by atoms with van der Waals surface area (Å²) in [5.74, 6) is 1.62. The fourth-order valence-electron chi connectivity index (χ4n) is 4.19. The lowest BCUT2D eigenvalue weighted by Crippen LogP contribution is -2.48. The van der Waals surface area contributed by atoms with Crippen molar-refractivity contribution >= 4 is 22.3 Å². The van der Waals surface area contributed by atoms with Gasteiger partial charge in [0.05, 0.1) is 11.5 Å². The van der Waals surface area contributed by atoms with Gasteiger partial charge in [-0.1, -0.05) is 6.07 Å². The minimum Gasteiger partial charge on any atom is -0.474 e. The van der Waals surface area contributed by atoms with Gasteiger partial charge in [0.25, 0.3) is 0 Å². The summed E-state index contributed by atoms with van der Waals surface area (Å²) in [7, 11) is 0. The average molecular weight is 428 g/mol. The van der Waals surface area contributed by atoms with Crippen LogP contribution < -0.4 is 20.3 Å². The number of nitrogens with one attached hydrogen (secondary N) is 2. The van der Waals surface area contributed by atoms with Crippen LogP contribution in [-0.2, 0) is 6.54 Å². The van der Waals surface area contributed by atoms with Gasteiger partial charge in [-0.3, -0.25) is 0 Å². The molecule has 162 valence electrons. The van der Waals surface area contributed by atoms with E-state index in [1.807, 2.05) is 23.6 Å². The van der Waals surface area contributed by atoms with Crippen LogP contribution in [0, 0.1) is 0 Å². The van der Waals surface area contributed by atoms with E-state index >= 15 is 0 Å². The van der Waals surface area contributed by atoms with Crippen LogP contribution in [0.15, 0.2) is 40.8 Å². The van der Waals surface area contributed by atoms with Gasteiger partial charge in [-0.15, -0.1) is 11.3 Å². The second-order valence-electron chi connectivity index (χ2n) is 8.04. The van der Waals surface area contributed by atoms with Crippen LogP contribution in [0.2, 0.25) is 0 Å². The third-order valence-corrected chi connectivity index (χ3v) is 6.76. The van der Waals surface area contributed by atoms with Crippen molar-refractivity contribution in [1.82, 2.24) is 15.6 Å². The number of hydrogen-bond donors (Lipinski definition) is 2. The van der Waals surface area contributed by atoms with Crippen molar-refractivity contribution < 1.29 is 4.74 Å². The molecule has 30 heavy (non-hydrogen) atoms. The fraction of sp³-hybridized carbons (Fsp3) is 0.565. The maximum atomic E-state index is 6.17. The zero-order chi connectivity index (χ0) is 20.6. The van der Waals surface area contributed by atoms with E-state index in [0.29, 0.717) is 18.7 Å². The van der Waals surface area contributed by atoms with Crippen LogP contribution in [-0.4, -0.2) is 42.7 Å². The van der Waals surface area contributed by atoms with Crippen molar-refractivity contribution in [2.75, 3.05) is 24.5 Å². The van der Waals surface area contributed by atoms with E-state index in [9.17, 15) is 0 Å². The van der Waals surface area contributed by atoms with Gasteiger partial charge in [0.2, 0.25) is 5.88 Å². The summed E-state index contributed by atoms with van der Waals surface area (Å²) in [6.07, 6.45) is 9.12. The second kappa shape index (κ2) is 10.7. The number of hydrogen-bond acceptors (Lipinski definition) is 5. The van der Waals surface area contributed by atoms with Gasteiger partial charge in [0.15, 0.2) is 5.96 Å². The molecule has 2 N–H and O–H groups in total. The van der Waals surface area contributed by atoms with E-state index in [1.54, 1.807) is 0 Å². The lowest BCUT2D eigenvalue weighted by atomic mass is 10.1. The Bertz CT molecular complexity index is 796. The Morgan fingerprint density at radius 1 is 1.20 bits per heavy atom. The topological polar surface area (TPSA) is 61.8 Å². The van der Waals surface area contributed by atoms with Crippen LogP contribution in [0.1, 0.15) is 51.0 Å². The van der Waals surface area contributed by atoms with Gasteiger partial charge in [0, 0.05) is 37.4 Å². The minimum atomic E-state index is 0.308. The summed E-state index contributed by atoms with van der Waals surface area (Å²) in [5.41, 5.74) is 1.05. The molecule has 0 unspecified atom stereocenters. The van der Waals surface area contributed by atoms with Crippen LogP contribution in [0.25, 0.3) is 0 Å². The maximum Gasteiger partial charge on any atom is 0.218 e. The molecule has 6 nitrogen and oxygen atoms in total. The highest BCUT2D eigenvalue weighted by Crippen LogP contribution is 2.26. The molecule has 0 atom stereocenters. The summed E-state index contributed by atoms with van der Waals surface area (Å²) in [4.78, 5) is 11.8. The minimum absolute atomic E-state index is 0.308. The molecule has 2 aromatic rings.